The van der Waals surface area contributed by atoms with E-state index in [1.807, 2.05) is 0 Å². The molecule has 92 valence electrons. The van der Waals surface area contributed by atoms with Gasteiger partial charge in [0.25, 0.3) is 0 Å². The van der Waals surface area contributed by atoms with Crippen LogP contribution < -0.4 is 5.32 Å². The third-order valence-electron chi connectivity index (χ3n) is 2.28. The molecule has 1 rings (SSSR count). The Morgan fingerprint density at radius 3 is 2.59 bits per heavy atom. The van der Waals surface area contributed by atoms with Gasteiger partial charge in [-0.1, -0.05) is 34.7 Å². The molecule has 0 aliphatic carbocycles. The Balaban J connectivity index is 2.66. The first-order valence-corrected chi connectivity index (χ1v) is 6.74. The smallest absolute Gasteiger partial charge is 0.0766 e. The zero-order valence-electron chi connectivity index (χ0n) is 11.0. The number of hydrogen-bond donors (Lipinski definition) is 1. The summed E-state index contributed by atoms with van der Waals surface area (Å²) in [6, 6.07) is 6.31. The van der Waals surface area contributed by atoms with Gasteiger partial charge in [0.2, 0.25) is 0 Å². The number of aryl methyl sites for hydroxylation is 1. The summed E-state index contributed by atoms with van der Waals surface area (Å²) in [5, 5.41) is 3.37. The van der Waals surface area contributed by atoms with Crippen LogP contribution in [0.1, 0.15) is 33.3 Å². The fourth-order valence-electron chi connectivity index (χ4n) is 1.48. The number of rotatable bonds is 3. The molecule has 17 heavy (non-hydrogen) atoms. The fraction of sp³-hybridized carbons (Fsp3) is 0.467. The van der Waals surface area contributed by atoms with E-state index in [-0.39, 0.29) is 5.41 Å². The minimum absolute atomic E-state index is 0.0784. The van der Waals surface area contributed by atoms with Gasteiger partial charge in [0.1, 0.15) is 0 Å². The molecule has 0 saturated heterocycles. The Morgan fingerprint density at radius 1 is 1.29 bits per heavy atom. The minimum atomic E-state index is 0.0784. The van der Waals surface area contributed by atoms with Crippen molar-refractivity contribution in [2.75, 3.05) is 11.9 Å². The van der Waals surface area contributed by atoms with E-state index in [9.17, 15) is 0 Å². The largest absolute Gasteiger partial charge is 0.374 e. The van der Waals surface area contributed by atoms with Crippen molar-refractivity contribution in [1.82, 2.24) is 0 Å². The summed E-state index contributed by atoms with van der Waals surface area (Å²) in [6.45, 7) is 9.23. The van der Waals surface area contributed by atoms with E-state index in [1.165, 1.54) is 11.3 Å². The maximum atomic E-state index is 3.49. The molecule has 1 nitrogen and oxygen atoms in total. The maximum Gasteiger partial charge on any atom is 0.0766 e. The molecule has 0 bridgehead atoms. The SMILES string of the molecule is CCc1cc(Br)ccc1NCC#CC(C)(C)C. The Morgan fingerprint density at radius 2 is 2.00 bits per heavy atom. The molecule has 0 atom stereocenters. The predicted octanol–water partition coefficient (Wildman–Crippen LogP) is 4.47. The van der Waals surface area contributed by atoms with Gasteiger partial charge in [0.05, 0.1) is 6.54 Å². The highest BCUT2D eigenvalue weighted by Crippen LogP contribution is 2.21. The number of halogens is 1. The summed E-state index contributed by atoms with van der Waals surface area (Å²) in [4.78, 5) is 0. The van der Waals surface area contributed by atoms with E-state index >= 15 is 0 Å². The van der Waals surface area contributed by atoms with Gasteiger partial charge in [-0.3, -0.25) is 0 Å². The van der Waals surface area contributed by atoms with Gasteiger partial charge in [0.15, 0.2) is 0 Å². The lowest BCUT2D eigenvalue weighted by Crippen LogP contribution is -2.04. The quantitative estimate of drug-likeness (QED) is 0.811. The fourth-order valence-corrected chi connectivity index (χ4v) is 1.88. The Kier molecular flexibility index (Phi) is 5.08. The van der Waals surface area contributed by atoms with Crippen molar-refractivity contribution < 1.29 is 0 Å². The molecule has 2 heteroatoms. The van der Waals surface area contributed by atoms with Crippen molar-refractivity contribution in [3.8, 4) is 11.8 Å². The van der Waals surface area contributed by atoms with E-state index in [1.54, 1.807) is 0 Å². The van der Waals surface area contributed by atoms with Gasteiger partial charge in [-0.15, -0.1) is 0 Å². The number of benzene rings is 1. The Hall–Kier alpha value is -0.940. The summed E-state index contributed by atoms with van der Waals surface area (Å²) in [5.74, 6) is 6.39. The van der Waals surface area contributed by atoms with E-state index in [2.05, 4.69) is 79.0 Å². The Bertz CT molecular complexity index is 432. The van der Waals surface area contributed by atoms with E-state index in [4.69, 9.17) is 0 Å². The van der Waals surface area contributed by atoms with Gasteiger partial charge < -0.3 is 5.32 Å². The first-order chi connectivity index (χ1) is 7.92. The van der Waals surface area contributed by atoms with Crippen LogP contribution >= 0.6 is 15.9 Å². The van der Waals surface area contributed by atoms with E-state index in [0.717, 1.165) is 10.9 Å². The van der Waals surface area contributed by atoms with Crippen molar-refractivity contribution in [3.05, 3.63) is 28.2 Å². The van der Waals surface area contributed by atoms with Crippen LogP contribution in [0, 0.1) is 17.3 Å². The molecule has 0 amide bonds. The van der Waals surface area contributed by atoms with Crippen LogP contribution in [0.2, 0.25) is 0 Å². The molecule has 0 spiro atoms. The van der Waals surface area contributed by atoms with Gasteiger partial charge in [-0.05, 0) is 51.0 Å². The van der Waals surface area contributed by atoms with Gasteiger partial charge in [0, 0.05) is 15.6 Å². The summed E-state index contributed by atoms with van der Waals surface area (Å²) < 4.78 is 1.13. The van der Waals surface area contributed by atoms with Crippen LogP contribution in [-0.4, -0.2) is 6.54 Å². The number of anilines is 1. The van der Waals surface area contributed by atoms with Crippen molar-refractivity contribution in [1.29, 1.82) is 0 Å². The molecule has 0 radical (unpaired) electrons. The van der Waals surface area contributed by atoms with Crippen LogP contribution in [-0.2, 0) is 6.42 Å². The number of nitrogens with one attached hydrogen (secondary N) is 1. The minimum Gasteiger partial charge on any atom is -0.374 e. The first kappa shape index (κ1) is 14.1. The van der Waals surface area contributed by atoms with Crippen LogP contribution in [0.3, 0.4) is 0 Å². The second kappa shape index (κ2) is 6.12. The predicted molar refractivity (Wildman–Crippen MR) is 79.2 cm³/mol. The summed E-state index contributed by atoms with van der Waals surface area (Å²) in [7, 11) is 0. The zero-order chi connectivity index (χ0) is 12.9. The van der Waals surface area contributed by atoms with Gasteiger partial charge >= 0.3 is 0 Å². The van der Waals surface area contributed by atoms with Crippen molar-refractivity contribution in [2.24, 2.45) is 5.41 Å². The molecular formula is C15H20BrN. The molecular weight excluding hydrogens is 274 g/mol. The monoisotopic (exact) mass is 293 g/mol. The van der Waals surface area contributed by atoms with Crippen molar-refractivity contribution in [2.45, 2.75) is 34.1 Å². The average molecular weight is 294 g/mol. The lowest BCUT2D eigenvalue weighted by Gasteiger charge is -2.10. The second-order valence-corrected chi connectivity index (χ2v) is 5.98. The molecule has 0 aromatic heterocycles. The highest BCUT2D eigenvalue weighted by atomic mass is 79.9. The van der Waals surface area contributed by atoms with Crippen LogP contribution in [0.5, 0.6) is 0 Å². The summed E-state index contributed by atoms with van der Waals surface area (Å²) in [5.41, 5.74) is 2.57. The van der Waals surface area contributed by atoms with Crippen LogP contribution in [0.4, 0.5) is 5.69 Å². The highest BCUT2D eigenvalue weighted by Gasteiger charge is 2.03. The standard InChI is InChI=1S/C15H20BrN/c1-5-12-11-13(16)7-8-14(12)17-10-6-9-15(2,3)4/h7-8,11,17H,5,10H2,1-4H3. The molecule has 0 saturated carbocycles. The van der Waals surface area contributed by atoms with Crippen molar-refractivity contribution >= 4 is 21.6 Å². The molecule has 0 heterocycles. The third-order valence-corrected chi connectivity index (χ3v) is 2.77. The topological polar surface area (TPSA) is 12.0 Å². The lowest BCUT2D eigenvalue weighted by atomic mass is 9.98. The molecule has 0 aliphatic rings. The Labute approximate surface area is 113 Å². The molecule has 1 N–H and O–H groups in total. The lowest BCUT2D eigenvalue weighted by molar-refractivity contribution is 0.570. The zero-order valence-corrected chi connectivity index (χ0v) is 12.6. The summed E-state index contributed by atoms with van der Waals surface area (Å²) in [6.07, 6.45) is 1.02. The highest BCUT2D eigenvalue weighted by molar-refractivity contribution is 9.10. The maximum absolute atomic E-state index is 3.49. The van der Waals surface area contributed by atoms with Gasteiger partial charge in [-0.2, -0.15) is 0 Å². The van der Waals surface area contributed by atoms with E-state index < -0.39 is 0 Å². The molecule has 0 aliphatic heterocycles. The second-order valence-electron chi connectivity index (χ2n) is 5.06. The van der Waals surface area contributed by atoms with Crippen molar-refractivity contribution in [3.63, 3.8) is 0 Å². The molecule has 1 aromatic carbocycles. The average Bonchev–Trinajstić information content (AvgIpc) is 2.24. The van der Waals surface area contributed by atoms with E-state index in [0.29, 0.717) is 6.54 Å². The number of hydrogen-bond acceptors (Lipinski definition) is 1. The molecule has 0 unspecified atom stereocenters. The first-order valence-electron chi connectivity index (χ1n) is 5.94. The van der Waals surface area contributed by atoms with Crippen LogP contribution in [0.15, 0.2) is 22.7 Å². The third kappa shape index (κ3) is 5.28. The normalized spacial score (nSPS) is 10.6. The van der Waals surface area contributed by atoms with Gasteiger partial charge in [-0.25, -0.2) is 0 Å². The molecule has 0 fully saturated rings. The molecule has 1 aromatic rings. The van der Waals surface area contributed by atoms with Crippen LogP contribution in [0.25, 0.3) is 0 Å². The summed E-state index contributed by atoms with van der Waals surface area (Å²) >= 11 is 3.49.